The first-order valence-corrected chi connectivity index (χ1v) is 9.62. The summed E-state index contributed by atoms with van der Waals surface area (Å²) in [5.41, 5.74) is 1.30. The van der Waals surface area contributed by atoms with E-state index in [2.05, 4.69) is 45.3 Å². The van der Waals surface area contributed by atoms with Crippen molar-refractivity contribution in [1.82, 2.24) is 10.3 Å². The lowest BCUT2D eigenvalue weighted by Gasteiger charge is -2.29. The summed E-state index contributed by atoms with van der Waals surface area (Å²) in [6.07, 6.45) is 9.07. The Kier molecular flexibility index (Phi) is 8.50. The van der Waals surface area contributed by atoms with Crippen LogP contribution in [0.5, 0.6) is 0 Å². The highest BCUT2D eigenvalue weighted by molar-refractivity contribution is 7.09. The molecule has 0 aliphatic heterocycles. The van der Waals surface area contributed by atoms with Crippen LogP contribution in [0.1, 0.15) is 96.2 Å². The van der Waals surface area contributed by atoms with Crippen molar-refractivity contribution in [3.63, 3.8) is 0 Å². The van der Waals surface area contributed by atoms with Crippen molar-refractivity contribution >= 4 is 11.3 Å². The van der Waals surface area contributed by atoms with Gasteiger partial charge >= 0.3 is 0 Å². The highest BCUT2D eigenvalue weighted by Crippen LogP contribution is 2.31. The smallest absolute Gasteiger partial charge is 0.113 e. The Hall–Kier alpha value is -0.410. The molecule has 1 heterocycles. The molecular formula is C18H34N2S. The number of thiazole rings is 1. The van der Waals surface area contributed by atoms with Crippen molar-refractivity contribution in [3.8, 4) is 0 Å². The molecule has 0 aliphatic rings. The minimum Gasteiger partial charge on any atom is -0.306 e. The molecule has 122 valence electrons. The molecule has 0 radical (unpaired) electrons. The standard InChI is InChI=1S/C18H34N2S/c1-6-8-9-10-11-12-18(5,19-13-7-2)17-20-16(14-21-17)15(3)4/h14-15,19H,6-13H2,1-5H3. The monoisotopic (exact) mass is 310 g/mol. The van der Waals surface area contributed by atoms with Gasteiger partial charge in [0.25, 0.3) is 0 Å². The summed E-state index contributed by atoms with van der Waals surface area (Å²) in [5.74, 6) is 0.523. The molecule has 21 heavy (non-hydrogen) atoms. The summed E-state index contributed by atoms with van der Waals surface area (Å²) in [7, 11) is 0. The van der Waals surface area contributed by atoms with Crippen LogP contribution < -0.4 is 5.32 Å². The van der Waals surface area contributed by atoms with E-state index in [4.69, 9.17) is 4.98 Å². The Bertz CT molecular complexity index is 386. The predicted molar refractivity (Wildman–Crippen MR) is 95.2 cm³/mol. The minimum absolute atomic E-state index is 0.0556. The SMILES string of the molecule is CCCCCCCC(C)(NCCC)c1nc(C(C)C)cs1. The van der Waals surface area contributed by atoms with Gasteiger partial charge < -0.3 is 5.32 Å². The van der Waals surface area contributed by atoms with E-state index >= 15 is 0 Å². The Morgan fingerprint density at radius 2 is 1.86 bits per heavy atom. The number of unbranched alkanes of at least 4 members (excludes halogenated alkanes) is 4. The van der Waals surface area contributed by atoms with Crippen LogP contribution in [0.3, 0.4) is 0 Å². The zero-order chi connectivity index (χ0) is 15.7. The van der Waals surface area contributed by atoms with Gasteiger partial charge in [-0.3, -0.25) is 0 Å². The van der Waals surface area contributed by atoms with Crippen LogP contribution in [0.4, 0.5) is 0 Å². The van der Waals surface area contributed by atoms with Gasteiger partial charge in [-0.05, 0) is 32.2 Å². The van der Waals surface area contributed by atoms with Crippen LogP contribution in [0.2, 0.25) is 0 Å². The van der Waals surface area contributed by atoms with E-state index in [9.17, 15) is 0 Å². The van der Waals surface area contributed by atoms with Gasteiger partial charge in [-0.15, -0.1) is 11.3 Å². The first-order chi connectivity index (χ1) is 10.0. The Balaban J connectivity index is 2.67. The summed E-state index contributed by atoms with van der Waals surface area (Å²) in [6, 6.07) is 0. The van der Waals surface area contributed by atoms with Crippen molar-refractivity contribution in [2.45, 2.75) is 91.0 Å². The molecule has 0 bridgehead atoms. The second kappa shape index (κ2) is 9.58. The van der Waals surface area contributed by atoms with Gasteiger partial charge in [-0.25, -0.2) is 4.98 Å². The summed E-state index contributed by atoms with van der Waals surface area (Å²) >= 11 is 1.83. The zero-order valence-corrected chi connectivity index (χ0v) is 15.5. The fourth-order valence-corrected chi connectivity index (χ4v) is 3.71. The maximum absolute atomic E-state index is 4.91. The average molecular weight is 311 g/mol. The molecule has 1 aromatic rings. The number of hydrogen-bond donors (Lipinski definition) is 1. The molecule has 1 atom stereocenters. The van der Waals surface area contributed by atoms with E-state index in [0.29, 0.717) is 5.92 Å². The number of aromatic nitrogens is 1. The van der Waals surface area contributed by atoms with Crippen molar-refractivity contribution in [3.05, 3.63) is 16.1 Å². The summed E-state index contributed by atoms with van der Waals surface area (Å²) in [4.78, 5) is 4.91. The second-order valence-corrected chi connectivity index (χ2v) is 7.51. The third-order valence-corrected chi connectivity index (χ3v) is 5.26. The molecule has 0 spiro atoms. The van der Waals surface area contributed by atoms with Crippen LogP contribution in [0.15, 0.2) is 5.38 Å². The normalized spacial score (nSPS) is 14.6. The highest BCUT2D eigenvalue weighted by Gasteiger charge is 2.28. The summed E-state index contributed by atoms with van der Waals surface area (Å²) in [5, 5.41) is 7.27. The number of hydrogen-bond acceptors (Lipinski definition) is 3. The lowest BCUT2D eigenvalue weighted by atomic mass is 9.94. The fourth-order valence-electron chi connectivity index (χ4n) is 2.56. The van der Waals surface area contributed by atoms with Gasteiger partial charge in [0.1, 0.15) is 5.01 Å². The van der Waals surface area contributed by atoms with Crippen LogP contribution in [0, 0.1) is 0 Å². The van der Waals surface area contributed by atoms with Crippen LogP contribution in [-0.4, -0.2) is 11.5 Å². The minimum atomic E-state index is 0.0556. The maximum atomic E-state index is 4.91. The lowest BCUT2D eigenvalue weighted by molar-refractivity contribution is 0.324. The molecule has 2 nitrogen and oxygen atoms in total. The molecule has 1 N–H and O–H groups in total. The van der Waals surface area contributed by atoms with E-state index in [1.807, 2.05) is 11.3 Å². The van der Waals surface area contributed by atoms with E-state index in [-0.39, 0.29) is 5.54 Å². The van der Waals surface area contributed by atoms with E-state index in [0.717, 1.165) is 6.54 Å². The molecule has 0 amide bonds. The summed E-state index contributed by atoms with van der Waals surface area (Å²) < 4.78 is 0. The largest absolute Gasteiger partial charge is 0.306 e. The highest BCUT2D eigenvalue weighted by atomic mass is 32.1. The number of nitrogens with one attached hydrogen (secondary N) is 1. The number of nitrogens with zero attached hydrogens (tertiary/aromatic N) is 1. The molecule has 0 aromatic carbocycles. The zero-order valence-electron chi connectivity index (χ0n) is 14.7. The Morgan fingerprint density at radius 3 is 2.43 bits per heavy atom. The van der Waals surface area contributed by atoms with Crippen LogP contribution >= 0.6 is 11.3 Å². The topological polar surface area (TPSA) is 24.9 Å². The summed E-state index contributed by atoms with van der Waals surface area (Å²) in [6.45, 7) is 12.4. The van der Waals surface area contributed by atoms with Crippen molar-refractivity contribution in [1.29, 1.82) is 0 Å². The second-order valence-electron chi connectivity index (χ2n) is 6.66. The van der Waals surface area contributed by atoms with E-state index < -0.39 is 0 Å². The van der Waals surface area contributed by atoms with Gasteiger partial charge in [0.15, 0.2) is 0 Å². The van der Waals surface area contributed by atoms with Crippen molar-refractivity contribution in [2.24, 2.45) is 0 Å². The molecule has 1 rings (SSSR count). The van der Waals surface area contributed by atoms with Crippen molar-refractivity contribution < 1.29 is 0 Å². The van der Waals surface area contributed by atoms with Crippen LogP contribution in [-0.2, 0) is 5.54 Å². The molecule has 0 aliphatic carbocycles. The predicted octanol–water partition coefficient (Wildman–Crippen LogP) is 5.84. The van der Waals surface area contributed by atoms with Crippen LogP contribution in [0.25, 0.3) is 0 Å². The van der Waals surface area contributed by atoms with Gasteiger partial charge in [0.2, 0.25) is 0 Å². The van der Waals surface area contributed by atoms with E-state index in [1.165, 1.54) is 55.6 Å². The fraction of sp³-hybridized carbons (Fsp3) is 0.833. The first kappa shape index (κ1) is 18.6. The molecule has 0 saturated carbocycles. The number of rotatable bonds is 11. The first-order valence-electron chi connectivity index (χ1n) is 8.74. The molecular weight excluding hydrogens is 276 g/mol. The third kappa shape index (κ3) is 6.07. The maximum Gasteiger partial charge on any atom is 0.113 e. The Morgan fingerprint density at radius 1 is 1.14 bits per heavy atom. The molecule has 3 heteroatoms. The van der Waals surface area contributed by atoms with Gasteiger partial charge in [-0.1, -0.05) is 59.8 Å². The van der Waals surface area contributed by atoms with Gasteiger partial charge in [0.05, 0.1) is 11.2 Å². The van der Waals surface area contributed by atoms with Crippen molar-refractivity contribution in [2.75, 3.05) is 6.54 Å². The molecule has 1 aromatic heterocycles. The lowest BCUT2D eigenvalue weighted by Crippen LogP contribution is -2.40. The quantitative estimate of drug-likeness (QED) is 0.519. The Labute approximate surface area is 135 Å². The van der Waals surface area contributed by atoms with E-state index in [1.54, 1.807) is 0 Å². The van der Waals surface area contributed by atoms with Gasteiger partial charge in [-0.2, -0.15) is 0 Å². The third-order valence-electron chi connectivity index (χ3n) is 4.13. The molecule has 0 fully saturated rings. The van der Waals surface area contributed by atoms with Gasteiger partial charge in [0, 0.05) is 5.38 Å². The molecule has 1 unspecified atom stereocenters. The average Bonchev–Trinajstić information content (AvgIpc) is 2.95. The molecule has 0 saturated heterocycles.